The summed E-state index contributed by atoms with van der Waals surface area (Å²) in [6.45, 7) is 4.41. The molecule has 2 N–H and O–H groups in total. The van der Waals surface area contributed by atoms with Crippen molar-refractivity contribution in [2.45, 2.75) is 26.3 Å². The molecule has 6 heteroatoms. The average molecular weight is 236 g/mol. The Morgan fingerprint density at radius 1 is 1.65 bits per heavy atom. The van der Waals surface area contributed by atoms with Crippen LogP contribution in [0.4, 0.5) is 5.69 Å². The molecule has 6 nitrogen and oxygen atoms in total. The Morgan fingerprint density at radius 3 is 2.94 bits per heavy atom. The van der Waals surface area contributed by atoms with Gasteiger partial charge in [0.2, 0.25) is 11.8 Å². The molecule has 92 valence electrons. The molecule has 2 heterocycles. The molecule has 2 rings (SSSR count). The van der Waals surface area contributed by atoms with E-state index in [0.29, 0.717) is 18.7 Å². The highest BCUT2D eigenvalue weighted by Crippen LogP contribution is 2.21. The lowest BCUT2D eigenvalue weighted by Crippen LogP contribution is -2.33. The highest BCUT2D eigenvalue weighted by atomic mass is 16.2. The Morgan fingerprint density at radius 2 is 2.41 bits per heavy atom. The number of carbonyl (C=O) groups is 2. The minimum Gasteiger partial charge on any atom is -0.339 e. The normalized spacial score (nSPS) is 20.1. The van der Waals surface area contributed by atoms with Crippen LogP contribution in [-0.2, 0) is 9.59 Å². The first kappa shape index (κ1) is 11.6. The van der Waals surface area contributed by atoms with Gasteiger partial charge in [0.1, 0.15) is 0 Å². The molecule has 1 unspecified atom stereocenters. The molecule has 1 atom stereocenters. The summed E-state index contributed by atoms with van der Waals surface area (Å²) >= 11 is 0. The van der Waals surface area contributed by atoms with E-state index in [2.05, 4.69) is 15.5 Å². The molecule has 0 aromatic carbocycles. The Hall–Kier alpha value is -1.85. The maximum Gasteiger partial charge on any atom is 0.229 e. The van der Waals surface area contributed by atoms with Gasteiger partial charge in [0.25, 0.3) is 0 Å². The van der Waals surface area contributed by atoms with Crippen molar-refractivity contribution in [1.29, 1.82) is 0 Å². The number of nitrogens with one attached hydrogen (secondary N) is 2. The molecular formula is C11H16N4O2. The van der Waals surface area contributed by atoms with Gasteiger partial charge in [-0.3, -0.25) is 14.7 Å². The van der Waals surface area contributed by atoms with Crippen molar-refractivity contribution >= 4 is 17.5 Å². The van der Waals surface area contributed by atoms with Gasteiger partial charge in [0.15, 0.2) is 0 Å². The van der Waals surface area contributed by atoms with Gasteiger partial charge in [-0.2, -0.15) is 5.10 Å². The highest BCUT2D eigenvalue weighted by Gasteiger charge is 2.35. The molecule has 17 heavy (non-hydrogen) atoms. The van der Waals surface area contributed by atoms with Crippen LogP contribution in [0.15, 0.2) is 12.4 Å². The molecule has 0 aliphatic carbocycles. The molecule has 2 amide bonds. The van der Waals surface area contributed by atoms with Gasteiger partial charge in [-0.05, 0) is 13.8 Å². The predicted octanol–water partition coefficient (Wildman–Crippen LogP) is 0.605. The van der Waals surface area contributed by atoms with Gasteiger partial charge in [0.05, 0.1) is 17.8 Å². The molecule has 1 aromatic rings. The number of likely N-dealkylation sites (tertiary alicyclic amines) is 1. The number of hydrogen-bond donors (Lipinski definition) is 2. The summed E-state index contributed by atoms with van der Waals surface area (Å²) < 4.78 is 0. The van der Waals surface area contributed by atoms with Crippen molar-refractivity contribution in [3.8, 4) is 0 Å². The Labute approximate surface area is 99.4 Å². The molecule has 1 fully saturated rings. The SMILES string of the molecule is CC(C)N1CC(C(=O)Nc2cn[nH]c2)CC1=O. The topological polar surface area (TPSA) is 78.1 Å². The summed E-state index contributed by atoms with van der Waals surface area (Å²) in [7, 11) is 0. The van der Waals surface area contributed by atoms with E-state index in [1.54, 1.807) is 11.1 Å². The molecule has 0 saturated carbocycles. The fraction of sp³-hybridized carbons (Fsp3) is 0.545. The van der Waals surface area contributed by atoms with Crippen molar-refractivity contribution < 1.29 is 9.59 Å². The van der Waals surface area contributed by atoms with Crippen LogP contribution in [0.2, 0.25) is 0 Å². The summed E-state index contributed by atoms with van der Waals surface area (Å²) in [5, 5.41) is 9.09. The summed E-state index contributed by atoms with van der Waals surface area (Å²) in [6, 6.07) is 0.147. The van der Waals surface area contributed by atoms with Crippen LogP contribution in [0.25, 0.3) is 0 Å². The van der Waals surface area contributed by atoms with E-state index in [4.69, 9.17) is 0 Å². The number of rotatable bonds is 3. The third kappa shape index (κ3) is 2.46. The number of anilines is 1. The maximum absolute atomic E-state index is 11.9. The monoisotopic (exact) mass is 236 g/mol. The largest absolute Gasteiger partial charge is 0.339 e. The second-order valence-electron chi connectivity index (χ2n) is 4.52. The van der Waals surface area contributed by atoms with E-state index >= 15 is 0 Å². The number of aromatic amines is 1. The first-order valence-corrected chi connectivity index (χ1v) is 5.67. The number of amides is 2. The summed E-state index contributed by atoms with van der Waals surface area (Å²) in [6.07, 6.45) is 3.44. The Balaban J connectivity index is 1.96. The van der Waals surface area contributed by atoms with Gasteiger partial charge in [0, 0.05) is 25.2 Å². The third-order valence-electron chi connectivity index (χ3n) is 2.92. The molecule has 1 aliphatic heterocycles. The van der Waals surface area contributed by atoms with Gasteiger partial charge < -0.3 is 10.2 Å². The summed E-state index contributed by atoms with van der Waals surface area (Å²) in [5.41, 5.74) is 0.630. The Kier molecular flexibility index (Phi) is 3.12. The van der Waals surface area contributed by atoms with Crippen LogP contribution in [0.3, 0.4) is 0 Å². The number of carbonyl (C=O) groups excluding carboxylic acids is 2. The van der Waals surface area contributed by atoms with Crippen LogP contribution in [-0.4, -0.2) is 39.5 Å². The highest BCUT2D eigenvalue weighted by molar-refractivity contribution is 5.97. The molecule has 1 aliphatic rings. The lowest BCUT2D eigenvalue weighted by atomic mass is 10.1. The van der Waals surface area contributed by atoms with Crippen LogP contribution in [0, 0.1) is 5.92 Å². The van der Waals surface area contributed by atoms with Crippen molar-refractivity contribution in [3.63, 3.8) is 0 Å². The molecule has 0 spiro atoms. The molecular weight excluding hydrogens is 220 g/mol. The zero-order valence-electron chi connectivity index (χ0n) is 9.93. The first-order valence-electron chi connectivity index (χ1n) is 5.67. The van der Waals surface area contributed by atoms with Gasteiger partial charge in [-0.1, -0.05) is 0 Å². The lowest BCUT2D eigenvalue weighted by Gasteiger charge is -2.20. The molecule has 1 aromatic heterocycles. The van der Waals surface area contributed by atoms with Crippen molar-refractivity contribution in [2.75, 3.05) is 11.9 Å². The van der Waals surface area contributed by atoms with Crippen molar-refractivity contribution in [2.24, 2.45) is 5.92 Å². The zero-order chi connectivity index (χ0) is 12.4. The van der Waals surface area contributed by atoms with E-state index in [1.807, 2.05) is 13.8 Å². The van der Waals surface area contributed by atoms with Crippen molar-refractivity contribution in [3.05, 3.63) is 12.4 Å². The molecule has 1 saturated heterocycles. The third-order valence-corrected chi connectivity index (χ3v) is 2.92. The standard InChI is InChI=1S/C11H16N4O2/c1-7(2)15-6-8(3-10(15)16)11(17)14-9-4-12-13-5-9/h4-5,7-8H,3,6H2,1-2H3,(H,12,13)(H,14,17). The van der Waals surface area contributed by atoms with E-state index in [9.17, 15) is 9.59 Å². The van der Waals surface area contributed by atoms with E-state index in [1.165, 1.54) is 6.20 Å². The summed E-state index contributed by atoms with van der Waals surface area (Å²) in [5.74, 6) is -0.338. The average Bonchev–Trinajstić information content (AvgIpc) is 2.86. The minimum absolute atomic E-state index is 0.0485. The Bertz CT molecular complexity index is 413. The second kappa shape index (κ2) is 4.57. The fourth-order valence-corrected chi connectivity index (χ4v) is 1.97. The van der Waals surface area contributed by atoms with Crippen LogP contribution in [0.5, 0.6) is 0 Å². The predicted molar refractivity (Wildman–Crippen MR) is 62.2 cm³/mol. The maximum atomic E-state index is 11.9. The zero-order valence-corrected chi connectivity index (χ0v) is 9.93. The number of nitrogens with zero attached hydrogens (tertiary/aromatic N) is 2. The smallest absolute Gasteiger partial charge is 0.229 e. The first-order chi connectivity index (χ1) is 8.08. The van der Waals surface area contributed by atoms with Gasteiger partial charge in [-0.15, -0.1) is 0 Å². The number of H-pyrrole nitrogens is 1. The van der Waals surface area contributed by atoms with E-state index in [-0.39, 0.29) is 23.8 Å². The van der Waals surface area contributed by atoms with E-state index in [0.717, 1.165) is 0 Å². The second-order valence-corrected chi connectivity index (χ2v) is 4.52. The van der Waals surface area contributed by atoms with Gasteiger partial charge in [-0.25, -0.2) is 0 Å². The van der Waals surface area contributed by atoms with Crippen LogP contribution < -0.4 is 5.32 Å². The van der Waals surface area contributed by atoms with Crippen molar-refractivity contribution in [1.82, 2.24) is 15.1 Å². The summed E-state index contributed by atoms with van der Waals surface area (Å²) in [4.78, 5) is 25.3. The molecule has 0 bridgehead atoms. The fourth-order valence-electron chi connectivity index (χ4n) is 1.97. The van der Waals surface area contributed by atoms with Crippen LogP contribution in [0.1, 0.15) is 20.3 Å². The molecule has 0 radical (unpaired) electrons. The minimum atomic E-state index is -0.264. The van der Waals surface area contributed by atoms with Crippen LogP contribution >= 0.6 is 0 Å². The van der Waals surface area contributed by atoms with E-state index < -0.39 is 0 Å². The lowest BCUT2D eigenvalue weighted by molar-refractivity contribution is -0.129. The van der Waals surface area contributed by atoms with Gasteiger partial charge >= 0.3 is 0 Å². The quantitative estimate of drug-likeness (QED) is 0.807. The number of aromatic nitrogens is 2. The number of hydrogen-bond acceptors (Lipinski definition) is 3.